The number of hydrogen-bond donors (Lipinski definition) is 0. The van der Waals surface area contributed by atoms with Crippen molar-refractivity contribution in [2.45, 2.75) is 44.1 Å². The summed E-state index contributed by atoms with van der Waals surface area (Å²) in [5.74, 6) is 0.259. The van der Waals surface area contributed by atoms with Gasteiger partial charge in [0.25, 0.3) is 0 Å². The lowest BCUT2D eigenvalue weighted by Crippen LogP contribution is -2.50. The van der Waals surface area contributed by atoms with E-state index in [0.717, 1.165) is 58.3 Å². The van der Waals surface area contributed by atoms with Crippen molar-refractivity contribution in [3.05, 3.63) is 77.4 Å². The van der Waals surface area contributed by atoms with Crippen molar-refractivity contribution in [1.82, 2.24) is 14.7 Å². The molecule has 2 aromatic carbocycles. The lowest BCUT2D eigenvalue weighted by Gasteiger charge is -2.46. The lowest BCUT2D eigenvalue weighted by molar-refractivity contribution is -0.129. The van der Waals surface area contributed by atoms with Crippen molar-refractivity contribution in [2.75, 3.05) is 47.3 Å². The van der Waals surface area contributed by atoms with Crippen LogP contribution in [0.2, 0.25) is 0 Å². The second-order valence-corrected chi connectivity index (χ2v) is 9.89. The van der Waals surface area contributed by atoms with Gasteiger partial charge in [0.05, 0.1) is 0 Å². The molecule has 2 aromatic rings. The Morgan fingerprint density at radius 3 is 2.39 bits per heavy atom. The monoisotopic (exact) mass is 445 g/mol. The predicted octanol–water partition coefficient (Wildman–Crippen LogP) is 4.81. The standard InChI is InChI=1S/C29H39N3O/c1-30(2)29(26-11-5-4-6-12-26)18-22-32(23-19-29)21-9-20-31(3)28(33)17-16-25-15-14-24-10-7-8-13-27(24)25/h4-8,10-13,15H,9,14,16-23H2,1-3H3. The van der Waals surface area contributed by atoms with Crippen molar-refractivity contribution >= 4 is 11.5 Å². The zero-order chi connectivity index (χ0) is 23.3. The SMILES string of the molecule is CN(CCCN1CCC(c2ccccc2)(N(C)C)CC1)C(=O)CCC1=CCc2ccccc21. The zero-order valence-electron chi connectivity index (χ0n) is 20.6. The van der Waals surface area contributed by atoms with E-state index < -0.39 is 0 Å². The topological polar surface area (TPSA) is 26.8 Å². The average Bonchev–Trinajstić information content (AvgIpc) is 3.26. The Morgan fingerprint density at radius 2 is 1.67 bits per heavy atom. The second kappa shape index (κ2) is 10.7. The number of hydrogen-bond acceptors (Lipinski definition) is 3. The minimum absolute atomic E-state index is 0.137. The minimum atomic E-state index is 0.137. The third kappa shape index (κ3) is 5.39. The summed E-state index contributed by atoms with van der Waals surface area (Å²) in [6.07, 6.45) is 8.07. The van der Waals surface area contributed by atoms with Crippen LogP contribution in [0.5, 0.6) is 0 Å². The van der Waals surface area contributed by atoms with Crippen LogP contribution in [0.15, 0.2) is 60.7 Å². The van der Waals surface area contributed by atoms with Crippen LogP contribution in [0.1, 0.15) is 48.8 Å². The molecule has 1 aliphatic heterocycles. The number of amides is 1. The van der Waals surface area contributed by atoms with E-state index in [1.54, 1.807) is 0 Å². The molecule has 0 unspecified atom stereocenters. The van der Waals surface area contributed by atoms with Crippen molar-refractivity contribution < 1.29 is 4.79 Å². The molecule has 0 bridgehead atoms. The smallest absolute Gasteiger partial charge is 0.222 e. The highest BCUT2D eigenvalue weighted by Crippen LogP contribution is 2.37. The maximum absolute atomic E-state index is 12.7. The van der Waals surface area contributed by atoms with Crippen LogP contribution < -0.4 is 0 Å². The molecule has 4 rings (SSSR count). The van der Waals surface area contributed by atoms with Gasteiger partial charge in [-0.2, -0.15) is 0 Å². The maximum Gasteiger partial charge on any atom is 0.222 e. The highest BCUT2D eigenvalue weighted by atomic mass is 16.2. The molecular formula is C29H39N3O. The van der Waals surface area contributed by atoms with E-state index in [1.165, 1.54) is 22.3 Å². The summed E-state index contributed by atoms with van der Waals surface area (Å²) in [5, 5.41) is 0. The Bertz CT molecular complexity index is 958. The largest absolute Gasteiger partial charge is 0.346 e. The molecule has 1 heterocycles. The fourth-order valence-electron chi connectivity index (χ4n) is 5.57. The molecule has 0 radical (unpaired) electrons. The van der Waals surface area contributed by atoms with E-state index in [-0.39, 0.29) is 11.4 Å². The summed E-state index contributed by atoms with van der Waals surface area (Å²) >= 11 is 0. The fraction of sp³-hybridized carbons (Fsp3) is 0.483. The van der Waals surface area contributed by atoms with Crippen molar-refractivity contribution in [2.24, 2.45) is 0 Å². The van der Waals surface area contributed by atoms with E-state index in [4.69, 9.17) is 0 Å². The van der Waals surface area contributed by atoms with Crippen LogP contribution in [0.4, 0.5) is 0 Å². The third-order valence-corrected chi connectivity index (χ3v) is 7.78. The second-order valence-electron chi connectivity index (χ2n) is 9.89. The molecule has 1 amide bonds. The van der Waals surface area contributed by atoms with Gasteiger partial charge < -0.3 is 9.80 Å². The number of carbonyl (C=O) groups is 1. The number of allylic oxidation sites excluding steroid dienone is 2. The summed E-state index contributed by atoms with van der Waals surface area (Å²) in [4.78, 5) is 19.6. The van der Waals surface area contributed by atoms with E-state index >= 15 is 0 Å². The quantitative estimate of drug-likeness (QED) is 0.554. The highest BCUT2D eigenvalue weighted by molar-refractivity contribution is 5.80. The molecule has 2 aliphatic rings. The summed E-state index contributed by atoms with van der Waals surface area (Å²) in [6.45, 7) is 4.12. The van der Waals surface area contributed by atoms with Gasteiger partial charge in [0, 0.05) is 38.6 Å². The average molecular weight is 446 g/mol. The van der Waals surface area contributed by atoms with E-state index in [0.29, 0.717) is 6.42 Å². The highest BCUT2D eigenvalue weighted by Gasteiger charge is 2.37. The first-order valence-corrected chi connectivity index (χ1v) is 12.5. The zero-order valence-corrected chi connectivity index (χ0v) is 20.6. The van der Waals surface area contributed by atoms with Gasteiger partial charge >= 0.3 is 0 Å². The molecule has 0 atom stereocenters. The van der Waals surface area contributed by atoms with Crippen LogP contribution >= 0.6 is 0 Å². The number of likely N-dealkylation sites (tertiary alicyclic amines) is 1. The number of benzene rings is 2. The first-order valence-electron chi connectivity index (χ1n) is 12.5. The summed E-state index contributed by atoms with van der Waals surface area (Å²) < 4.78 is 0. The van der Waals surface area contributed by atoms with Crippen LogP contribution in [0, 0.1) is 0 Å². The molecule has 1 aliphatic carbocycles. The normalized spacial score (nSPS) is 17.6. The predicted molar refractivity (Wildman–Crippen MR) is 137 cm³/mol. The van der Waals surface area contributed by atoms with Crippen LogP contribution in [0.25, 0.3) is 5.57 Å². The molecule has 4 heteroatoms. The minimum Gasteiger partial charge on any atom is -0.346 e. The van der Waals surface area contributed by atoms with E-state index in [9.17, 15) is 4.79 Å². The third-order valence-electron chi connectivity index (χ3n) is 7.78. The van der Waals surface area contributed by atoms with Gasteiger partial charge in [0.1, 0.15) is 0 Å². The molecule has 4 nitrogen and oxygen atoms in total. The Hall–Kier alpha value is -2.43. The molecule has 0 aromatic heterocycles. The molecule has 176 valence electrons. The van der Waals surface area contributed by atoms with Crippen molar-refractivity contribution in [3.8, 4) is 0 Å². The first-order chi connectivity index (χ1) is 16.0. The lowest BCUT2D eigenvalue weighted by atomic mass is 9.80. The fourth-order valence-corrected chi connectivity index (χ4v) is 5.57. The van der Waals surface area contributed by atoms with Crippen LogP contribution in [-0.4, -0.2) is 67.9 Å². The first kappa shape index (κ1) is 23.7. The molecule has 1 saturated heterocycles. The van der Waals surface area contributed by atoms with Gasteiger partial charge in [0.2, 0.25) is 5.91 Å². The number of rotatable bonds is 9. The summed E-state index contributed by atoms with van der Waals surface area (Å²) in [5.41, 5.74) is 5.63. The van der Waals surface area contributed by atoms with Crippen molar-refractivity contribution in [1.29, 1.82) is 0 Å². The van der Waals surface area contributed by atoms with Gasteiger partial charge in [-0.3, -0.25) is 9.69 Å². The number of piperidine rings is 1. The molecule has 1 fully saturated rings. The van der Waals surface area contributed by atoms with E-state index in [2.05, 4.69) is 84.6 Å². The molecular weight excluding hydrogens is 406 g/mol. The molecule has 0 spiro atoms. The number of fused-ring (bicyclic) bond motifs is 1. The Morgan fingerprint density at radius 1 is 0.970 bits per heavy atom. The summed E-state index contributed by atoms with van der Waals surface area (Å²) in [6, 6.07) is 19.5. The molecule has 0 N–H and O–H groups in total. The van der Waals surface area contributed by atoms with Gasteiger partial charge in [-0.25, -0.2) is 0 Å². The molecule has 33 heavy (non-hydrogen) atoms. The van der Waals surface area contributed by atoms with Gasteiger partial charge in [-0.15, -0.1) is 0 Å². The van der Waals surface area contributed by atoms with Gasteiger partial charge in [-0.05, 0) is 75.0 Å². The van der Waals surface area contributed by atoms with Crippen molar-refractivity contribution in [3.63, 3.8) is 0 Å². The Kier molecular flexibility index (Phi) is 7.67. The Balaban J connectivity index is 1.19. The molecule has 0 saturated carbocycles. The van der Waals surface area contributed by atoms with Crippen LogP contribution in [-0.2, 0) is 16.8 Å². The maximum atomic E-state index is 12.7. The Labute approximate surface area is 199 Å². The van der Waals surface area contributed by atoms with Crippen LogP contribution in [0.3, 0.4) is 0 Å². The number of carbonyl (C=O) groups excluding carboxylic acids is 1. The van der Waals surface area contributed by atoms with E-state index in [1.807, 2.05) is 11.9 Å². The van der Waals surface area contributed by atoms with Gasteiger partial charge in [-0.1, -0.05) is 60.7 Å². The number of nitrogens with zero attached hydrogens (tertiary/aromatic N) is 3. The van der Waals surface area contributed by atoms with Gasteiger partial charge in [0.15, 0.2) is 0 Å². The summed E-state index contributed by atoms with van der Waals surface area (Å²) in [7, 11) is 6.38.